The van der Waals surface area contributed by atoms with Crippen LogP contribution in [0.15, 0.2) is 77.4 Å². The number of hydrazone groups is 1. The van der Waals surface area contributed by atoms with Crippen LogP contribution in [0.3, 0.4) is 0 Å². The van der Waals surface area contributed by atoms with Crippen LogP contribution < -0.4 is 19.8 Å². The summed E-state index contributed by atoms with van der Waals surface area (Å²) in [5.74, 6) is -0.955. The summed E-state index contributed by atoms with van der Waals surface area (Å²) in [6.45, 7) is 5.65. The van der Waals surface area contributed by atoms with E-state index in [2.05, 4.69) is 10.4 Å². The summed E-state index contributed by atoms with van der Waals surface area (Å²) in [4.78, 5) is 36.8. The molecule has 0 fully saturated rings. The maximum atomic E-state index is 13.1. The quantitative estimate of drug-likeness (QED) is 0.393. The van der Waals surface area contributed by atoms with E-state index in [-0.39, 0.29) is 24.0 Å². The number of ether oxygens (including phenoxy) is 2. The van der Waals surface area contributed by atoms with Crippen molar-refractivity contribution in [2.45, 2.75) is 20.8 Å². The lowest BCUT2D eigenvalue weighted by Gasteiger charge is -2.13. The monoisotopic (exact) mass is 513 g/mol. The predicted molar refractivity (Wildman–Crippen MR) is 145 cm³/mol. The van der Waals surface area contributed by atoms with E-state index >= 15 is 0 Å². The number of nitrogens with zero attached hydrogens (tertiary/aromatic N) is 2. The Kier molecular flexibility index (Phi) is 7.86. The van der Waals surface area contributed by atoms with E-state index in [1.165, 1.54) is 17.1 Å². The molecule has 38 heavy (non-hydrogen) atoms. The molecule has 0 saturated carbocycles. The predicted octanol–water partition coefficient (Wildman–Crippen LogP) is 4.92. The number of amides is 2. The molecule has 3 aromatic rings. The topological polar surface area (TPSA) is 118 Å². The van der Waals surface area contributed by atoms with Crippen molar-refractivity contribution in [2.75, 3.05) is 23.5 Å². The Hall–Kier alpha value is -4.92. The van der Waals surface area contributed by atoms with Gasteiger partial charge in [0.2, 0.25) is 0 Å². The highest BCUT2D eigenvalue weighted by Gasteiger charge is 2.29. The van der Waals surface area contributed by atoms with Crippen LogP contribution in [-0.2, 0) is 9.59 Å². The van der Waals surface area contributed by atoms with Crippen molar-refractivity contribution in [2.24, 2.45) is 5.10 Å². The van der Waals surface area contributed by atoms with Gasteiger partial charge in [-0.25, -0.2) is 4.79 Å². The second-order valence-electron chi connectivity index (χ2n) is 8.56. The third kappa shape index (κ3) is 6.07. The number of carbonyl (C=O) groups is 3. The van der Waals surface area contributed by atoms with Gasteiger partial charge in [-0.3, -0.25) is 9.59 Å². The maximum absolute atomic E-state index is 13.1. The first-order valence-electron chi connectivity index (χ1n) is 12.0. The van der Waals surface area contributed by atoms with E-state index in [0.29, 0.717) is 46.3 Å². The number of carbonyl (C=O) groups excluding carboxylic acids is 2. The van der Waals surface area contributed by atoms with Gasteiger partial charge in [-0.1, -0.05) is 24.3 Å². The molecule has 0 radical (unpaired) electrons. The number of anilines is 2. The van der Waals surface area contributed by atoms with Crippen LogP contribution in [0.5, 0.6) is 11.5 Å². The number of carboxylic acids is 1. The maximum Gasteiger partial charge on any atom is 0.335 e. The van der Waals surface area contributed by atoms with E-state index in [4.69, 9.17) is 9.47 Å². The molecule has 2 N–H and O–H groups in total. The van der Waals surface area contributed by atoms with Crippen LogP contribution in [0.25, 0.3) is 6.08 Å². The normalized spacial score (nSPS) is 13.9. The standard InChI is InChI=1S/C29H27N3O6/c1-4-37-26-15-20(11-12-25(26)38-17-27(33)30-22-9-5-7-18(2)13-22)14-24-19(3)31-32(28(24)34)23-10-6-8-21(16-23)29(35)36/h5-16H,4,17H2,1-3H3,(H,30,33)(H,35,36)/b24-14-. The lowest BCUT2D eigenvalue weighted by molar-refractivity contribution is -0.118. The Morgan fingerprint density at radius 2 is 1.79 bits per heavy atom. The molecule has 0 saturated heterocycles. The summed E-state index contributed by atoms with van der Waals surface area (Å²) in [7, 11) is 0. The number of nitrogens with one attached hydrogen (secondary N) is 1. The van der Waals surface area contributed by atoms with E-state index in [1.807, 2.05) is 32.0 Å². The molecular weight excluding hydrogens is 486 g/mol. The average molecular weight is 514 g/mol. The Bertz CT molecular complexity index is 1460. The summed E-state index contributed by atoms with van der Waals surface area (Å²) in [5, 5.41) is 17.6. The highest BCUT2D eigenvalue weighted by Crippen LogP contribution is 2.31. The molecule has 0 spiro atoms. The van der Waals surface area contributed by atoms with Crippen molar-refractivity contribution < 1.29 is 29.0 Å². The number of aromatic carboxylic acids is 1. The van der Waals surface area contributed by atoms with Crippen molar-refractivity contribution in [3.63, 3.8) is 0 Å². The van der Waals surface area contributed by atoms with Gasteiger partial charge in [0.15, 0.2) is 18.1 Å². The van der Waals surface area contributed by atoms with Crippen molar-refractivity contribution in [1.82, 2.24) is 0 Å². The van der Waals surface area contributed by atoms with Crippen LogP contribution in [0.2, 0.25) is 0 Å². The molecule has 9 nitrogen and oxygen atoms in total. The van der Waals surface area contributed by atoms with E-state index in [1.54, 1.807) is 49.4 Å². The Morgan fingerprint density at radius 3 is 2.53 bits per heavy atom. The highest BCUT2D eigenvalue weighted by atomic mass is 16.5. The second kappa shape index (κ2) is 11.4. The highest BCUT2D eigenvalue weighted by molar-refractivity contribution is 6.32. The number of rotatable bonds is 9. The van der Waals surface area contributed by atoms with Crippen LogP contribution >= 0.6 is 0 Å². The van der Waals surface area contributed by atoms with Gasteiger partial charge in [-0.2, -0.15) is 10.1 Å². The minimum absolute atomic E-state index is 0.0603. The molecule has 3 aromatic carbocycles. The van der Waals surface area contributed by atoms with E-state index in [9.17, 15) is 19.5 Å². The smallest absolute Gasteiger partial charge is 0.335 e. The summed E-state index contributed by atoms with van der Waals surface area (Å²) in [5.41, 5.74) is 3.66. The van der Waals surface area contributed by atoms with E-state index < -0.39 is 5.97 Å². The molecule has 1 aliphatic rings. The van der Waals surface area contributed by atoms with Gasteiger partial charge in [-0.15, -0.1) is 0 Å². The summed E-state index contributed by atoms with van der Waals surface area (Å²) < 4.78 is 11.4. The van der Waals surface area contributed by atoms with E-state index in [0.717, 1.165) is 5.56 Å². The van der Waals surface area contributed by atoms with Gasteiger partial charge in [0.1, 0.15) is 0 Å². The van der Waals surface area contributed by atoms with Gasteiger partial charge in [0.05, 0.1) is 29.1 Å². The lowest BCUT2D eigenvalue weighted by Crippen LogP contribution is -2.21. The van der Waals surface area contributed by atoms with Crippen molar-refractivity contribution in [3.05, 3.63) is 89.0 Å². The van der Waals surface area contributed by atoms with Gasteiger partial charge in [-0.05, 0) is 80.4 Å². The fraction of sp³-hybridized carbons (Fsp3) is 0.172. The Morgan fingerprint density at radius 1 is 1.00 bits per heavy atom. The first-order chi connectivity index (χ1) is 18.2. The van der Waals surface area contributed by atoms with Crippen LogP contribution in [-0.4, -0.2) is 41.8 Å². The molecule has 2 amide bonds. The Balaban J connectivity index is 1.50. The molecule has 9 heteroatoms. The van der Waals surface area contributed by atoms with Gasteiger partial charge < -0.3 is 19.9 Å². The zero-order valence-electron chi connectivity index (χ0n) is 21.2. The second-order valence-corrected chi connectivity index (χ2v) is 8.56. The molecule has 0 aliphatic carbocycles. The van der Waals surface area contributed by atoms with Crippen molar-refractivity contribution >= 4 is 40.9 Å². The lowest BCUT2D eigenvalue weighted by atomic mass is 10.1. The molecule has 4 rings (SSSR count). The number of carboxylic acid groups (broad SMARTS) is 1. The van der Waals surface area contributed by atoms with Gasteiger partial charge in [0, 0.05) is 5.69 Å². The van der Waals surface area contributed by atoms with Gasteiger partial charge >= 0.3 is 5.97 Å². The molecule has 1 aliphatic heterocycles. The molecule has 0 unspecified atom stereocenters. The minimum atomic E-state index is -1.09. The fourth-order valence-corrected chi connectivity index (χ4v) is 3.86. The van der Waals surface area contributed by atoms with Gasteiger partial charge in [0.25, 0.3) is 11.8 Å². The zero-order chi connectivity index (χ0) is 27.2. The molecule has 194 valence electrons. The largest absolute Gasteiger partial charge is 0.490 e. The fourth-order valence-electron chi connectivity index (χ4n) is 3.86. The summed E-state index contributed by atoms with van der Waals surface area (Å²) in [6, 6.07) is 18.7. The summed E-state index contributed by atoms with van der Waals surface area (Å²) in [6.07, 6.45) is 1.68. The number of hydrogen-bond donors (Lipinski definition) is 2. The van der Waals surface area contributed by atoms with Crippen molar-refractivity contribution in [3.8, 4) is 11.5 Å². The number of benzene rings is 3. The first kappa shape index (κ1) is 26.2. The zero-order valence-corrected chi connectivity index (χ0v) is 21.2. The first-order valence-corrected chi connectivity index (χ1v) is 12.0. The molecule has 0 atom stereocenters. The van der Waals surface area contributed by atoms with Crippen LogP contribution in [0.4, 0.5) is 11.4 Å². The molecule has 1 heterocycles. The third-order valence-corrected chi connectivity index (χ3v) is 5.64. The summed E-state index contributed by atoms with van der Waals surface area (Å²) >= 11 is 0. The number of hydrogen-bond acceptors (Lipinski definition) is 6. The average Bonchev–Trinajstić information content (AvgIpc) is 3.17. The molecule has 0 aromatic heterocycles. The molecule has 0 bridgehead atoms. The van der Waals surface area contributed by atoms with Crippen LogP contribution in [0, 0.1) is 6.92 Å². The SMILES string of the molecule is CCOc1cc(/C=C2\C(=O)N(c3cccc(C(=O)O)c3)N=C2C)ccc1OCC(=O)Nc1cccc(C)c1. The minimum Gasteiger partial charge on any atom is -0.490 e. The van der Waals surface area contributed by atoms with Crippen molar-refractivity contribution in [1.29, 1.82) is 0 Å². The van der Waals surface area contributed by atoms with Crippen LogP contribution in [0.1, 0.15) is 35.3 Å². The number of aryl methyl sites for hydroxylation is 1. The third-order valence-electron chi connectivity index (χ3n) is 5.64. The Labute approximate surface area is 220 Å². The molecular formula is C29H27N3O6.